The minimum atomic E-state index is -4.78. The van der Waals surface area contributed by atoms with Gasteiger partial charge in [-0.25, -0.2) is 4.98 Å². The molecule has 0 aliphatic carbocycles. The molecule has 0 radical (unpaired) electrons. The summed E-state index contributed by atoms with van der Waals surface area (Å²) < 4.78 is 40.2. The monoisotopic (exact) mass is 496 g/mol. The summed E-state index contributed by atoms with van der Waals surface area (Å²) in [6.45, 7) is 9.17. The van der Waals surface area contributed by atoms with Gasteiger partial charge >= 0.3 is 6.18 Å². The first-order valence-corrected chi connectivity index (χ1v) is 11.2. The highest BCUT2D eigenvalue weighted by molar-refractivity contribution is 5.88. The van der Waals surface area contributed by atoms with E-state index in [-0.39, 0.29) is 12.4 Å². The topological polar surface area (TPSA) is 94.8 Å². The average Bonchev–Trinajstić information content (AvgIpc) is 2.82. The summed E-state index contributed by atoms with van der Waals surface area (Å²) >= 11 is 0. The number of hydrogen-bond donors (Lipinski definition) is 1. The second-order valence-corrected chi connectivity index (χ2v) is 10.1. The molecule has 10 heteroatoms. The van der Waals surface area contributed by atoms with E-state index in [1.807, 2.05) is 57.2 Å². The Balaban J connectivity index is 1.93. The van der Waals surface area contributed by atoms with Crippen LogP contribution >= 0.6 is 0 Å². The van der Waals surface area contributed by atoms with E-state index in [4.69, 9.17) is 0 Å². The molecule has 0 saturated heterocycles. The number of carbonyl (C=O) groups is 1. The Labute approximate surface area is 208 Å². The maximum absolute atomic E-state index is 13.4. The Kier molecular flexibility index (Phi) is 7.34. The highest BCUT2D eigenvalue weighted by atomic mass is 19.4. The molecular formula is C26H27F3N6O. The predicted octanol–water partition coefficient (Wildman–Crippen LogP) is 5.29. The zero-order chi connectivity index (χ0) is 26.7. The van der Waals surface area contributed by atoms with Crippen molar-refractivity contribution in [2.45, 2.75) is 46.2 Å². The maximum atomic E-state index is 13.4. The molecule has 188 valence electrons. The van der Waals surface area contributed by atoms with Crippen molar-refractivity contribution in [3.63, 3.8) is 0 Å². The first-order chi connectivity index (χ1) is 16.7. The first-order valence-electron chi connectivity index (χ1n) is 11.2. The van der Waals surface area contributed by atoms with Crippen LogP contribution in [0, 0.1) is 16.7 Å². The summed E-state index contributed by atoms with van der Waals surface area (Å²) in [4.78, 5) is 24.8. The van der Waals surface area contributed by atoms with Crippen molar-refractivity contribution in [1.82, 2.24) is 20.4 Å². The zero-order valence-electron chi connectivity index (χ0n) is 20.7. The molecule has 1 amide bonds. The van der Waals surface area contributed by atoms with Gasteiger partial charge in [-0.05, 0) is 42.0 Å². The summed E-state index contributed by atoms with van der Waals surface area (Å²) in [6.07, 6.45) is -1.36. The van der Waals surface area contributed by atoms with Crippen LogP contribution in [-0.2, 0) is 16.4 Å². The smallest absolute Gasteiger partial charge is 0.272 e. The van der Waals surface area contributed by atoms with E-state index in [0.717, 1.165) is 17.2 Å². The number of nitriles is 1. The van der Waals surface area contributed by atoms with Gasteiger partial charge in [-0.1, -0.05) is 51.1 Å². The number of nitrogens with one attached hydrogen (secondary N) is 1. The third-order valence-electron chi connectivity index (χ3n) is 5.42. The van der Waals surface area contributed by atoms with Crippen molar-refractivity contribution in [2.75, 3.05) is 11.6 Å². The number of alkyl halides is 3. The molecule has 0 saturated carbocycles. The lowest BCUT2D eigenvalue weighted by Crippen LogP contribution is -2.52. The molecule has 0 aliphatic heterocycles. The number of benzene rings is 1. The Morgan fingerprint density at radius 3 is 2.22 bits per heavy atom. The fraction of sp³-hybridized carbons (Fsp3) is 0.346. The van der Waals surface area contributed by atoms with Gasteiger partial charge in [-0.15, -0.1) is 0 Å². The average molecular weight is 497 g/mol. The summed E-state index contributed by atoms with van der Waals surface area (Å²) in [7, 11) is 0. The Morgan fingerprint density at radius 2 is 1.69 bits per heavy atom. The molecule has 36 heavy (non-hydrogen) atoms. The molecule has 0 unspecified atom stereocenters. The number of amides is 1. The van der Waals surface area contributed by atoms with E-state index >= 15 is 0 Å². The van der Waals surface area contributed by atoms with E-state index in [2.05, 4.69) is 20.4 Å². The summed E-state index contributed by atoms with van der Waals surface area (Å²) in [6, 6.07) is 13.5. The number of hydrazine groups is 1. The van der Waals surface area contributed by atoms with E-state index in [1.165, 1.54) is 5.01 Å². The minimum Gasteiger partial charge on any atom is -0.272 e. The zero-order valence-corrected chi connectivity index (χ0v) is 20.7. The number of hydrogen-bond acceptors (Lipinski definition) is 6. The molecule has 0 spiro atoms. The van der Waals surface area contributed by atoms with Crippen molar-refractivity contribution in [2.24, 2.45) is 5.41 Å². The summed E-state index contributed by atoms with van der Waals surface area (Å²) in [5.74, 6) is -1.32. The highest BCUT2D eigenvalue weighted by Crippen LogP contribution is 2.31. The number of anilines is 1. The maximum Gasteiger partial charge on any atom is 0.433 e. The fourth-order valence-corrected chi connectivity index (χ4v) is 3.43. The van der Waals surface area contributed by atoms with Gasteiger partial charge in [-0.3, -0.25) is 20.2 Å². The molecule has 0 atom stereocenters. The molecule has 3 aromatic rings. The highest BCUT2D eigenvalue weighted by Gasteiger charge is 2.36. The van der Waals surface area contributed by atoms with Gasteiger partial charge < -0.3 is 0 Å². The number of aromatic nitrogens is 3. The van der Waals surface area contributed by atoms with Crippen LogP contribution in [0.1, 0.15) is 51.7 Å². The van der Waals surface area contributed by atoms with Gasteiger partial charge in [0.1, 0.15) is 6.07 Å². The van der Waals surface area contributed by atoms with Gasteiger partial charge in [0.05, 0.1) is 5.41 Å². The van der Waals surface area contributed by atoms with Crippen molar-refractivity contribution < 1.29 is 18.0 Å². The van der Waals surface area contributed by atoms with Gasteiger partial charge in [0, 0.05) is 25.0 Å². The van der Waals surface area contributed by atoms with Gasteiger partial charge in [0.25, 0.3) is 0 Å². The predicted molar refractivity (Wildman–Crippen MR) is 129 cm³/mol. The number of rotatable bonds is 6. The van der Waals surface area contributed by atoms with Crippen LogP contribution in [0.15, 0.2) is 54.9 Å². The second kappa shape index (κ2) is 9.93. The Hall–Kier alpha value is -4.00. The van der Waals surface area contributed by atoms with Crippen LogP contribution in [0.3, 0.4) is 0 Å². The molecule has 3 rings (SSSR count). The molecule has 7 nitrogen and oxygen atoms in total. The van der Waals surface area contributed by atoms with Crippen molar-refractivity contribution in [3.8, 4) is 17.2 Å². The largest absolute Gasteiger partial charge is 0.433 e. The molecule has 2 heterocycles. The number of nitrogens with zero attached hydrogens (tertiary/aromatic N) is 5. The third-order valence-corrected chi connectivity index (χ3v) is 5.42. The molecule has 2 aromatic heterocycles. The Bertz CT molecular complexity index is 1260. The van der Waals surface area contributed by atoms with Crippen LogP contribution in [0.2, 0.25) is 0 Å². The normalized spacial score (nSPS) is 12.1. The lowest BCUT2D eigenvalue weighted by molar-refractivity contribution is -0.141. The second-order valence-electron chi connectivity index (χ2n) is 10.1. The van der Waals surface area contributed by atoms with E-state index in [9.17, 15) is 23.2 Å². The molecule has 0 aliphatic rings. The Morgan fingerprint density at radius 1 is 1.03 bits per heavy atom. The van der Waals surface area contributed by atoms with Gasteiger partial charge in [0.15, 0.2) is 11.5 Å². The molecule has 1 aromatic carbocycles. The van der Waals surface area contributed by atoms with Gasteiger partial charge in [0.2, 0.25) is 11.7 Å². The SMILES string of the molecule is CC(C)(C)CN(NC(=O)C(C)(C)c1ccc(-c2cccnc2)cc1)c1cc(C(F)(F)F)nc(C#N)n1. The van der Waals surface area contributed by atoms with Crippen LogP contribution in [-0.4, -0.2) is 27.4 Å². The van der Waals surface area contributed by atoms with Crippen molar-refractivity contribution in [1.29, 1.82) is 5.26 Å². The molecule has 1 N–H and O–H groups in total. The lowest BCUT2D eigenvalue weighted by atomic mass is 9.83. The quantitative estimate of drug-likeness (QED) is 0.466. The standard InChI is InChI=1S/C26H27F3N6O/c1-24(2,3)16-35(22-13-20(26(27,28)29)32-21(14-30)33-22)34-23(36)25(4,5)19-10-8-17(9-11-19)18-7-6-12-31-15-18/h6-13,15H,16H2,1-5H3,(H,34,36). The van der Waals surface area contributed by atoms with Crippen LogP contribution < -0.4 is 10.4 Å². The molecule has 0 bridgehead atoms. The van der Waals surface area contributed by atoms with Crippen LogP contribution in [0.5, 0.6) is 0 Å². The minimum absolute atomic E-state index is 0.133. The first kappa shape index (κ1) is 26.6. The number of pyridine rings is 1. The van der Waals surface area contributed by atoms with E-state index in [0.29, 0.717) is 5.56 Å². The molecule has 0 fully saturated rings. The van der Waals surface area contributed by atoms with E-state index < -0.39 is 34.4 Å². The van der Waals surface area contributed by atoms with Crippen molar-refractivity contribution in [3.05, 3.63) is 71.9 Å². The fourth-order valence-electron chi connectivity index (χ4n) is 3.43. The summed E-state index contributed by atoms with van der Waals surface area (Å²) in [5.41, 5.74) is 2.56. The number of carbonyl (C=O) groups excluding carboxylic acids is 1. The lowest BCUT2D eigenvalue weighted by Gasteiger charge is -2.34. The number of halogens is 3. The van der Waals surface area contributed by atoms with Gasteiger partial charge in [-0.2, -0.15) is 23.4 Å². The van der Waals surface area contributed by atoms with Crippen LogP contribution in [0.25, 0.3) is 11.1 Å². The third kappa shape index (κ3) is 6.36. The van der Waals surface area contributed by atoms with Crippen LogP contribution in [0.4, 0.5) is 19.0 Å². The van der Waals surface area contributed by atoms with Crippen molar-refractivity contribution >= 4 is 11.7 Å². The summed E-state index contributed by atoms with van der Waals surface area (Å²) in [5, 5.41) is 10.4. The molecular weight excluding hydrogens is 469 g/mol. The van der Waals surface area contributed by atoms with E-state index in [1.54, 1.807) is 32.3 Å².